The summed E-state index contributed by atoms with van der Waals surface area (Å²) in [5.41, 5.74) is 3.91. The number of nitrogens with zero attached hydrogens (tertiary/aromatic N) is 3. The summed E-state index contributed by atoms with van der Waals surface area (Å²) in [6.45, 7) is 12.1. The zero-order valence-electron chi connectivity index (χ0n) is 15.2. The molecule has 2 amide bonds. The van der Waals surface area contributed by atoms with Crippen LogP contribution in [0.4, 0.5) is 16.2 Å². The first-order valence-corrected chi connectivity index (χ1v) is 9.28. The van der Waals surface area contributed by atoms with Crippen molar-refractivity contribution in [3.63, 3.8) is 0 Å². The Balaban J connectivity index is 1.60. The van der Waals surface area contributed by atoms with Gasteiger partial charge in [0.1, 0.15) is 0 Å². The van der Waals surface area contributed by atoms with E-state index in [4.69, 9.17) is 0 Å². The van der Waals surface area contributed by atoms with Crippen LogP contribution in [0.15, 0.2) is 18.2 Å². The van der Waals surface area contributed by atoms with E-state index in [0.29, 0.717) is 6.04 Å². The van der Waals surface area contributed by atoms with Crippen molar-refractivity contribution in [2.45, 2.75) is 39.7 Å². The number of rotatable bonds is 5. The maximum absolute atomic E-state index is 12.1. The van der Waals surface area contributed by atoms with E-state index in [9.17, 15) is 4.79 Å². The van der Waals surface area contributed by atoms with E-state index in [0.717, 1.165) is 52.1 Å². The van der Waals surface area contributed by atoms with Gasteiger partial charge in [0.05, 0.1) is 0 Å². The van der Waals surface area contributed by atoms with Gasteiger partial charge in [0.25, 0.3) is 0 Å². The zero-order valence-corrected chi connectivity index (χ0v) is 15.2. The topological polar surface area (TPSA) is 38.8 Å². The van der Waals surface area contributed by atoms with E-state index in [1.165, 1.54) is 16.9 Å². The molecule has 0 unspecified atom stereocenters. The molecule has 0 spiro atoms. The number of hydrogen-bond acceptors (Lipinski definition) is 3. The molecule has 5 nitrogen and oxygen atoms in total. The molecule has 1 N–H and O–H groups in total. The molecule has 2 aliphatic rings. The number of hydrogen-bond donors (Lipinski definition) is 1. The molecule has 1 saturated carbocycles. The van der Waals surface area contributed by atoms with Crippen molar-refractivity contribution < 1.29 is 4.79 Å². The molecule has 1 saturated heterocycles. The molecule has 3 rings (SSSR count). The quantitative estimate of drug-likeness (QED) is 0.902. The summed E-state index contributed by atoms with van der Waals surface area (Å²) >= 11 is 0. The molecule has 0 radical (unpaired) electrons. The molecule has 0 aromatic heterocycles. The Morgan fingerprint density at radius 3 is 2.38 bits per heavy atom. The van der Waals surface area contributed by atoms with Gasteiger partial charge in [0.15, 0.2) is 0 Å². The van der Waals surface area contributed by atoms with E-state index < -0.39 is 0 Å². The molecule has 24 heavy (non-hydrogen) atoms. The number of carbonyl (C=O) groups is 1. The Morgan fingerprint density at radius 1 is 1.17 bits per heavy atom. The largest absolute Gasteiger partial charge is 0.372 e. The molecule has 1 aliphatic carbocycles. The van der Waals surface area contributed by atoms with Crippen molar-refractivity contribution in [1.29, 1.82) is 0 Å². The third kappa shape index (κ3) is 3.77. The Morgan fingerprint density at radius 2 is 1.83 bits per heavy atom. The minimum absolute atomic E-state index is 0.116. The molecule has 1 aromatic rings. The van der Waals surface area contributed by atoms with Gasteiger partial charge in [-0.15, -0.1) is 0 Å². The lowest BCUT2D eigenvalue weighted by Gasteiger charge is -2.37. The van der Waals surface area contributed by atoms with Gasteiger partial charge in [-0.3, -0.25) is 0 Å². The van der Waals surface area contributed by atoms with Crippen LogP contribution >= 0.6 is 0 Å². The second-order valence-electron chi connectivity index (χ2n) is 6.84. The highest BCUT2D eigenvalue weighted by Gasteiger charge is 2.28. The maximum Gasteiger partial charge on any atom is 0.317 e. The van der Waals surface area contributed by atoms with Gasteiger partial charge in [-0.05, 0) is 57.4 Å². The summed E-state index contributed by atoms with van der Waals surface area (Å²) < 4.78 is 0. The van der Waals surface area contributed by atoms with E-state index in [-0.39, 0.29) is 6.03 Å². The Hall–Kier alpha value is -1.91. The molecule has 0 bridgehead atoms. The van der Waals surface area contributed by atoms with Crippen LogP contribution in [0, 0.1) is 6.92 Å². The first kappa shape index (κ1) is 16.9. The SMILES string of the molecule is CCN(CC)c1ccc(N2CCN(C(=O)NC3CC3)CC2)c(C)c1. The fraction of sp³-hybridized carbons (Fsp3) is 0.632. The predicted molar refractivity (Wildman–Crippen MR) is 100 cm³/mol. The normalized spacial score (nSPS) is 17.8. The minimum Gasteiger partial charge on any atom is -0.372 e. The van der Waals surface area contributed by atoms with Gasteiger partial charge in [0.2, 0.25) is 0 Å². The standard InChI is InChI=1S/C19H30N4O/c1-4-21(5-2)17-8-9-18(15(3)14-17)22-10-12-23(13-11-22)19(24)20-16-6-7-16/h8-9,14,16H,4-7,10-13H2,1-3H3,(H,20,24). The summed E-state index contributed by atoms with van der Waals surface area (Å²) in [6, 6.07) is 7.30. The number of anilines is 2. The van der Waals surface area contributed by atoms with Crippen LogP contribution in [0.5, 0.6) is 0 Å². The third-order valence-electron chi connectivity index (χ3n) is 5.12. The van der Waals surface area contributed by atoms with Gasteiger partial charge < -0.3 is 20.0 Å². The summed E-state index contributed by atoms with van der Waals surface area (Å²) in [7, 11) is 0. The Kier molecular flexibility index (Phi) is 5.17. The van der Waals surface area contributed by atoms with Gasteiger partial charge in [-0.2, -0.15) is 0 Å². The number of carbonyl (C=O) groups excluding carboxylic acids is 1. The molecule has 1 heterocycles. The number of urea groups is 1. The van der Waals surface area contributed by atoms with E-state index in [1.54, 1.807) is 0 Å². The summed E-state index contributed by atoms with van der Waals surface area (Å²) in [5, 5.41) is 3.09. The smallest absolute Gasteiger partial charge is 0.317 e. The van der Waals surface area contributed by atoms with Crippen molar-refractivity contribution >= 4 is 17.4 Å². The van der Waals surface area contributed by atoms with Crippen molar-refractivity contribution in [3.8, 4) is 0 Å². The highest BCUT2D eigenvalue weighted by molar-refractivity contribution is 5.75. The molecular weight excluding hydrogens is 300 g/mol. The number of aryl methyl sites for hydroxylation is 1. The van der Waals surface area contributed by atoms with E-state index in [2.05, 4.69) is 54.1 Å². The van der Waals surface area contributed by atoms with Crippen LogP contribution in [0.1, 0.15) is 32.3 Å². The van der Waals surface area contributed by atoms with Gasteiger partial charge in [0, 0.05) is 56.7 Å². The fourth-order valence-corrected chi connectivity index (χ4v) is 3.42. The first-order valence-electron chi connectivity index (χ1n) is 9.28. The highest BCUT2D eigenvalue weighted by atomic mass is 16.2. The average molecular weight is 330 g/mol. The second kappa shape index (κ2) is 7.32. The lowest BCUT2D eigenvalue weighted by molar-refractivity contribution is 0.194. The van der Waals surface area contributed by atoms with Crippen LogP contribution in [-0.2, 0) is 0 Å². The fourth-order valence-electron chi connectivity index (χ4n) is 3.42. The monoisotopic (exact) mass is 330 g/mol. The highest BCUT2D eigenvalue weighted by Crippen LogP contribution is 2.27. The number of nitrogens with one attached hydrogen (secondary N) is 1. The van der Waals surface area contributed by atoms with Crippen LogP contribution in [0.25, 0.3) is 0 Å². The second-order valence-corrected chi connectivity index (χ2v) is 6.84. The van der Waals surface area contributed by atoms with Crippen LogP contribution in [-0.4, -0.2) is 56.2 Å². The van der Waals surface area contributed by atoms with Crippen LogP contribution < -0.4 is 15.1 Å². The molecule has 1 aliphatic heterocycles. The molecule has 0 atom stereocenters. The minimum atomic E-state index is 0.116. The number of amides is 2. The Labute approximate surface area is 145 Å². The van der Waals surface area contributed by atoms with Crippen molar-refractivity contribution in [2.24, 2.45) is 0 Å². The zero-order chi connectivity index (χ0) is 17.1. The molecule has 132 valence electrons. The van der Waals surface area contributed by atoms with Gasteiger partial charge in [-0.25, -0.2) is 4.79 Å². The van der Waals surface area contributed by atoms with E-state index in [1.807, 2.05) is 4.90 Å². The Bertz CT molecular complexity index is 573. The van der Waals surface area contributed by atoms with Gasteiger partial charge in [-0.1, -0.05) is 0 Å². The molecule has 2 fully saturated rings. The lowest BCUT2D eigenvalue weighted by atomic mass is 10.1. The molecule has 1 aromatic carbocycles. The summed E-state index contributed by atoms with van der Waals surface area (Å²) in [6.07, 6.45) is 2.29. The number of piperazine rings is 1. The average Bonchev–Trinajstić information content (AvgIpc) is 3.40. The van der Waals surface area contributed by atoms with Gasteiger partial charge >= 0.3 is 6.03 Å². The molecule has 5 heteroatoms. The number of benzene rings is 1. The van der Waals surface area contributed by atoms with Crippen LogP contribution in [0.2, 0.25) is 0 Å². The van der Waals surface area contributed by atoms with Crippen molar-refractivity contribution in [2.75, 3.05) is 49.1 Å². The first-order chi connectivity index (χ1) is 11.6. The van der Waals surface area contributed by atoms with Crippen LogP contribution in [0.3, 0.4) is 0 Å². The predicted octanol–water partition coefficient (Wildman–Crippen LogP) is 2.84. The summed E-state index contributed by atoms with van der Waals surface area (Å²) in [4.78, 5) is 18.9. The van der Waals surface area contributed by atoms with E-state index >= 15 is 0 Å². The third-order valence-corrected chi connectivity index (χ3v) is 5.12. The lowest BCUT2D eigenvalue weighted by Crippen LogP contribution is -2.52. The maximum atomic E-state index is 12.1. The van der Waals surface area contributed by atoms with Crippen molar-refractivity contribution in [3.05, 3.63) is 23.8 Å². The summed E-state index contributed by atoms with van der Waals surface area (Å²) in [5.74, 6) is 0. The van der Waals surface area contributed by atoms with Crippen molar-refractivity contribution in [1.82, 2.24) is 10.2 Å². The molecular formula is C19H30N4O.